The van der Waals surface area contributed by atoms with Crippen LogP contribution in [-0.2, 0) is 13.8 Å². The Balaban J connectivity index is 2.40. The molecule has 0 bridgehead atoms. The van der Waals surface area contributed by atoms with Crippen LogP contribution in [0.3, 0.4) is 0 Å². The SMILES string of the molecule is CC1(NC(=O)c2cc(Cl)cc(S(=O)(=O)Cl)c2Cl)CCOC1. The summed E-state index contributed by atoms with van der Waals surface area (Å²) >= 11 is 11.8. The van der Waals surface area contributed by atoms with Gasteiger partial charge in [0.1, 0.15) is 4.90 Å². The molecule has 0 aliphatic carbocycles. The van der Waals surface area contributed by atoms with Crippen molar-refractivity contribution in [3.05, 3.63) is 27.7 Å². The van der Waals surface area contributed by atoms with Crippen LogP contribution in [0.5, 0.6) is 0 Å². The van der Waals surface area contributed by atoms with Crippen molar-refractivity contribution in [3.8, 4) is 0 Å². The summed E-state index contributed by atoms with van der Waals surface area (Å²) in [5.74, 6) is -0.530. The molecule has 0 spiro atoms. The second-order valence-corrected chi connectivity index (χ2v) is 8.37. The number of halogens is 3. The molecule has 1 fully saturated rings. The number of hydrogen-bond acceptors (Lipinski definition) is 4. The maximum Gasteiger partial charge on any atom is 0.262 e. The predicted molar refractivity (Wildman–Crippen MR) is 80.8 cm³/mol. The number of nitrogens with one attached hydrogen (secondary N) is 1. The Kier molecular flexibility index (Phi) is 4.75. The van der Waals surface area contributed by atoms with Gasteiger partial charge in [0, 0.05) is 22.3 Å². The molecule has 1 aliphatic rings. The van der Waals surface area contributed by atoms with Crippen LogP contribution in [0.25, 0.3) is 0 Å². The lowest BCUT2D eigenvalue weighted by molar-refractivity contribution is 0.0890. The first-order chi connectivity index (χ1) is 9.62. The molecule has 0 saturated carbocycles. The van der Waals surface area contributed by atoms with Gasteiger partial charge in [-0.15, -0.1) is 0 Å². The second kappa shape index (κ2) is 5.93. The molecule has 1 amide bonds. The van der Waals surface area contributed by atoms with Crippen LogP contribution in [0.1, 0.15) is 23.7 Å². The van der Waals surface area contributed by atoms with Crippen molar-refractivity contribution in [3.63, 3.8) is 0 Å². The molecular weight excluding hydrogens is 361 g/mol. The van der Waals surface area contributed by atoms with Gasteiger partial charge in [-0.2, -0.15) is 0 Å². The highest BCUT2D eigenvalue weighted by molar-refractivity contribution is 8.13. The highest BCUT2D eigenvalue weighted by Crippen LogP contribution is 2.32. The van der Waals surface area contributed by atoms with E-state index in [0.29, 0.717) is 19.6 Å². The van der Waals surface area contributed by atoms with Gasteiger partial charge < -0.3 is 10.1 Å². The number of rotatable bonds is 3. The van der Waals surface area contributed by atoms with Crippen molar-refractivity contribution in [2.75, 3.05) is 13.2 Å². The summed E-state index contributed by atoms with van der Waals surface area (Å²) in [6.07, 6.45) is 0.650. The van der Waals surface area contributed by atoms with Crippen molar-refractivity contribution in [2.24, 2.45) is 0 Å². The first-order valence-corrected chi connectivity index (χ1v) is 9.03. The first-order valence-electron chi connectivity index (χ1n) is 5.96. The highest BCUT2D eigenvalue weighted by atomic mass is 35.7. The zero-order chi connectivity index (χ0) is 15.8. The molecule has 1 atom stereocenters. The molecule has 1 saturated heterocycles. The summed E-state index contributed by atoms with van der Waals surface area (Å²) in [5.41, 5.74) is -0.570. The number of carbonyl (C=O) groups is 1. The number of ether oxygens (including phenoxy) is 1. The molecule has 5 nitrogen and oxygen atoms in total. The smallest absolute Gasteiger partial charge is 0.262 e. The quantitative estimate of drug-likeness (QED) is 0.828. The van der Waals surface area contributed by atoms with E-state index in [9.17, 15) is 13.2 Å². The average Bonchev–Trinajstić information content (AvgIpc) is 2.76. The van der Waals surface area contributed by atoms with Gasteiger partial charge in [0.05, 0.1) is 22.7 Å². The van der Waals surface area contributed by atoms with Gasteiger partial charge in [0.25, 0.3) is 15.0 Å². The lowest BCUT2D eigenvalue weighted by Gasteiger charge is -2.24. The number of amides is 1. The van der Waals surface area contributed by atoms with Crippen molar-refractivity contribution in [2.45, 2.75) is 23.8 Å². The van der Waals surface area contributed by atoms with Crippen molar-refractivity contribution < 1.29 is 17.9 Å². The molecule has 21 heavy (non-hydrogen) atoms. The first kappa shape index (κ1) is 16.8. The minimum Gasteiger partial charge on any atom is -0.379 e. The van der Waals surface area contributed by atoms with Crippen LogP contribution in [0.2, 0.25) is 10.0 Å². The molecule has 9 heteroatoms. The largest absolute Gasteiger partial charge is 0.379 e. The second-order valence-electron chi connectivity index (χ2n) is 5.02. The zero-order valence-electron chi connectivity index (χ0n) is 11.0. The van der Waals surface area contributed by atoms with Crippen molar-refractivity contribution in [1.29, 1.82) is 0 Å². The van der Waals surface area contributed by atoms with Crippen LogP contribution in [-0.4, -0.2) is 33.1 Å². The van der Waals surface area contributed by atoms with E-state index in [-0.39, 0.29) is 15.6 Å². The van der Waals surface area contributed by atoms with Crippen molar-refractivity contribution >= 4 is 48.8 Å². The van der Waals surface area contributed by atoms with Gasteiger partial charge >= 0.3 is 0 Å². The minimum atomic E-state index is -4.10. The summed E-state index contributed by atoms with van der Waals surface area (Å²) in [5, 5.41) is 2.57. The van der Waals surface area contributed by atoms with Crippen LogP contribution in [0, 0.1) is 0 Å². The van der Waals surface area contributed by atoms with Gasteiger partial charge in [0.15, 0.2) is 0 Å². The monoisotopic (exact) mass is 371 g/mol. The molecule has 1 N–H and O–H groups in total. The molecule has 1 aromatic rings. The Labute approximate surface area is 136 Å². The number of benzene rings is 1. The number of carbonyl (C=O) groups excluding carboxylic acids is 1. The zero-order valence-corrected chi connectivity index (χ0v) is 14.0. The molecule has 1 heterocycles. The molecular formula is C12H12Cl3NO4S. The molecule has 1 aliphatic heterocycles. The van der Waals surface area contributed by atoms with Gasteiger partial charge in [-0.25, -0.2) is 8.42 Å². The maximum absolute atomic E-state index is 12.3. The van der Waals surface area contributed by atoms with Crippen molar-refractivity contribution in [1.82, 2.24) is 5.32 Å². The summed E-state index contributed by atoms with van der Waals surface area (Å²) in [6.45, 7) is 2.74. The summed E-state index contributed by atoms with van der Waals surface area (Å²) in [6, 6.07) is 2.40. The third-order valence-corrected chi connectivity index (χ3v) is 5.23. The summed E-state index contributed by atoms with van der Waals surface area (Å²) < 4.78 is 28.2. The van der Waals surface area contributed by atoms with E-state index in [1.165, 1.54) is 6.07 Å². The molecule has 0 aromatic heterocycles. The Hall–Kier alpha value is -0.530. The predicted octanol–water partition coefficient (Wildman–Crippen LogP) is 2.83. The fourth-order valence-electron chi connectivity index (χ4n) is 2.01. The molecule has 1 aromatic carbocycles. The van der Waals surface area contributed by atoms with Gasteiger partial charge in [0.2, 0.25) is 0 Å². The van der Waals surface area contributed by atoms with Crippen LogP contribution >= 0.6 is 33.9 Å². The van der Waals surface area contributed by atoms with Crippen LogP contribution in [0.15, 0.2) is 17.0 Å². The average molecular weight is 373 g/mol. The standard InChI is InChI=1S/C12H12Cl3NO4S/c1-12(2-3-20-6-12)16-11(17)8-4-7(13)5-9(10(8)14)21(15,18)19/h4-5H,2-3,6H2,1H3,(H,16,17). The number of hydrogen-bond donors (Lipinski definition) is 1. The summed E-state index contributed by atoms with van der Waals surface area (Å²) in [7, 11) is 1.18. The molecule has 1 unspecified atom stereocenters. The van der Waals surface area contributed by atoms with E-state index in [4.69, 9.17) is 38.6 Å². The van der Waals surface area contributed by atoms with Gasteiger partial charge in [-0.3, -0.25) is 4.79 Å². The summed E-state index contributed by atoms with van der Waals surface area (Å²) in [4.78, 5) is 11.9. The third kappa shape index (κ3) is 3.81. The Morgan fingerprint density at radius 2 is 2.05 bits per heavy atom. The van der Waals surface area contributed by atoms with E-state index in [1.54, 1.807) is 0 Å². The van der Waals surface area contributed by atoms with E-state index < -0.39 is 25.4 Å². The van der Waals surface area contributed by atoms with Gasteiger partial charge in [-0.1, -0.05) is 23.2 Å². The Bertz CT molecular complexity index is 684. The van der Waals surface area contributed by atoms with Crippen LogP contribution in [0.4, 0.5) is 0 Å². The van der Waals surface area contributed by atoms with E-state index in [0.717, 1.165) is 6.07 Å². The highest BCUT2D eigenvalue weighted by Gasteiger charge is 2.33. The van der Waals surface area contributed by atoms with Crippen LogP contribution < -0.4 is 5.32 Å². The molecule has 0 radical (unpaired) electrons. The fraction of sp³-hybridized carbons (Fsp3) is 0.417. The normalized spacial score (nSPS) is 22.3. The Morgan fingerprint density at radius 1 is 1.38 bits per heavy atom. The van der Waals surface area contributed by atoms with E-state index >= 15 is 0 Å². The molecule has 116 valence electrons. The topological polar surface area (TPSA) is 72.5 Å². The van der Waals surface area contributed by atoms with Gasteiger partial charge in [-0.05, 0) is 25.5 Å². The maximum atomic E-state index is 12.3. The lowest BCUT2D eigenvalue weighted by Crippen LogP contribution is -2.46. The fourth-order valence-corrected chi connectivity index (χ4v) is 3.87. The third-order valence-electron chi connectivity index (χ3n) is 3.15. The lowest BCUT2D eigenvalue weighted by atomic mass is 10.0. The Morgan fingerprint density at radius 3 is 2.57 bits per heavy atom. The minimum absolute atomic E-state index is 0.0449. The van der Waals surface area contributed by atoms with E-state index in [1.807, 2.05) is 6.92 Å². The molecule has 2 rings (SSSR count). The van der Waals surface area contributed by atoms with E-state index in [2.05, 4.69) is 5.32 Å².